The molecular weight excluding hydrogens is 552 g/mol. The molecule has 2 aliphatic heterocycles. The van der Waals surface area contributed by atoms with Crippen molar-refractivity contribution in [3.05, 3.63) is 63.3 Å². The van der Waals surface area contributed by atoms with Crippen molar-refractivity contribution in [2.45, 2.75) is 108 Å². The van der Waals surface area contributed by atoms with Gasteiger partial charge in [-0.25, -0.2) is 4.98 Å². The van der Waals surface area contributed by atoms with Crippen molar-refractivity contribution in [2.75, 3.05) is 7.11 Å². The number of hydrogen-bond donors (Lipinski definition) is 0. The zero-order valence-corrected chi connectivity index (χ0v) is 26.2. The molecule has 2 aromatic heterocycles. The van der Waals surface area contributed by atoms with Crippen LogP contribution in [0.25, 0.3) is 22.3 Å². The fourth-order valence-electron chi connectivity index (χ4n) is 10.7. The van der Waals surface area contributed by atoms with E-state index in [0.29, 0.717) is 17.6 Å². The van der Waals surface area contributed by atoms with Gasteiger partial charge in [-0.2, -0.15) is 0 Å². The molecule has 0 spiro atoms. The van der Waals surface area contributed by atoms with Gasteiger partial charge in [0.1, 0.15) is 5.69 Å². The van der Waals surface area contributed by atoms with Crippen LogP contribution in [0.3, 0.4) is 0 Å². The molecule has 2 unspecified atom stereocenters. The van der Waals surface area contributed by atoms with Crippen molar-refractivity contribution < 1.29 is 9.53 Å². The van der Waals surface area contributed by atoms with Crippen LogP contribution in [0.15, 0.2) is 52.2 Å². The van der Waals surface area contributed by atoms with Gasteiger partial charge in [0, 0.05) is 36.4 Å². The average molecular weight is 597 g/mol. The number of para-hydroxylation sites is 2. The highest BCUT2D eigenvalue weighted by molar-refractivity contribution is 5.78. The first-order valence-corrected chi connectivity index (χ1v) is 16.8. The number of piperidine rings is 2. The summed E-state index contributed by atoms with van der Waals surface area (Å²) >= 11 is 0. The van der Waals surface area contributed by atoms with Crippen LogP contribution in [0, 0.1) is 23.2 Å². The first kappa shape index (κ1) is 28.2. The van der Waals surface area contributed by atoms with Crippen LogP contribution in [0.4, 0.5) is 0 Å². The first-order valence-electron chi connectivity index (χ1n) is 16.8. The number of ether oxygens (including phenoxy) is 1. The summed E-state index contributed by atoms with van der Waals surface area (Å²) in [4.78, 5) is 48.6. The quantitative estimate of drug-likeness (QED) is 0.347. The predicted octanol–water partition coefficient (Wildman–Crippen LogP) is 5.56. The van der Waals surface area contributed by atoms with Gasteiger partial charge in [0.25, 0.3) is 11.1 Å². The van der Waals surface area contributed by atoms with Gasteiger partial charge in [0.2, 0.25) is 0 Å². The molecule has 4 aliphatic carbocycles. The number of fused-ring (bicyclic) bond motifs is 4. The maximum Gasteiger partial charge on any atom is 0.313 e. The van der Waals surface area contributed by atoms with Gasteiger partial charge in [0.15, 0.2) is 0 Å². The number of methoxy groups -OCH3 is 1. The van der Waals surface area contributed by atoms with Crippen LogP contribution in [-0.4, -0.2) is 49.7 Å². The lowest BCUT2D eigenvalue weighted by molar-refractivity contribution is -0.221. The fraction of sp³-hybridized carbons (Fsp3) is 0.611. The summed E-state index contributed by atoms with van der Waals surface area (Å²) in [5.74, 6) is 2.35. The number of aromatic nitrogens is 3. The van der Waals surface area contributed by atoms with Crippen LogP contribution >= 0.6 is 0 Å². The van der Waals surface area contributed by atoms with Crippen LogP contribution in [0.5, 0.6) is 0 Å². The average Bonchev–Trinajstić information content (AvgIpc) is 3.00. The van der Waals surface area contributed by atoms with Crippen LogP contribution < -0.4 is 11.1 Å². The molecule has 8 nitrogen and oxygen atoms in total. The Morgan fingerprint density at radius 3 is 2.43 bits per heavy atom. The van der Waals surface area contributed by atoms with E-state index < -0.39 is 11.4 Å². The number of rotatable bonds is 6. The van der Waals surface area contributed by atoms with Gasteiger partial charge in [-0.15, -0.1) is 0 Å². The molecule has 0 amide bonds. The highest BCUT2D eigenvalue weighted by atomic mass is 16.5. The minimum absolute atomic E-state index is 0.0675. The summed E-state index contributed by atoms with van der Waals surface area (Å²) in [5, 5.41) is 0. The SMILES string of the molecule is COC(=O)C(C)(C)Cn1cccc(-c2nc3ccccc3n(C3C[C@H]4CCC[C@@H](C3)N4[C@]34C[C@H]5CCC3[C@H](C5)C4)c2=O)c1=O. The first-order chi connectivity index (χ1) is 21.2. The summed E-state index contributed by atoms with van der Waals surface area (Å²) in [5.41, 5.74) is 1.02. The maximum atomic E-state index is 14.5. The Labute approximate surface area is 258 Å². The summed E-state index contributed by atoms with van der Waals surface area (Å²) in [6, 6.07) is 12.4. The van der Waals surface area contributed by atoms with Crippen LogP contribution in [-0.2, 0) is 16.1 Å². The summed E-state index contributed by atoms with van der Waals surface area (Å²) in [6.07, 6.45) is 14.4. The molecular formula is C36H44N4O4. The molecule has 4 heterocycles. The highest BCUT2D eigenvalue weighted by Gasteiger charge is 2.65. The number of pyridine rings is 1. The Morgan fingerprint density at radius 2 is 1.73 bits per heavy atom. The Hall–Kier alpha value is -3.26. The largest absolute Gasteiger partial charge is 0.469 e. The molecule has 6 aliphatic rings. The number of carbonyl (C=O) groups is 1. The van der Waals surface area contributed by atoms with Crippen molar-refractivity contribution in [2.24, 2.45) is 23.2 Å². The molecule has 0 radical (unpaired) electrons. The monoisotopic (exact) mass is 596 g/mol. The second-order valence-corrected chi connectivity index (χ2v) is 15.2. The van der Waals surface area contributed by atoms with Gasteiger partial charge in [-0.05, 0) is 107 Å². The minimum atomic E-state index is -0.905. The Kier molecular flexibility index (Phi) is 6.50. The summed E-state index contributed by atoms with van der Waals surface area (Å²) in [7, 11) is 1.35. The van der Waals surface area contributed by atoms with Crippen molar-refractivity contribution in [3.8, 4) is 11.3 Å². The Morgan fingerprint density at radius 1 is 0.955 bits per heavy atom. The number of benzene rings is 1. The van der Waals surface area contributed by atoms with Crippen molar-refractivity contribution in [1.82, 2.24) is 19.0 Å². The van der Waals surface area contributed by atoms with E-state index in [0.717, 1.165) is 41.6 Å². The summed E-state index contributed by atoms with van der Waals surface area (Å²) < 4.78 is 8.46. The van der Waals surface area contributed by atoms with E-state index in [9.17, 15) is 14.4 Å². The molecule has 6 fully saturated rings. The van der Waals surface area contributed by atoms with E-state index in [4.69, 9.17) is 9.72 Å². The third kappa shape index (κ3) is 4.12. The molecule has 7 atom stereocenters. The Bertz CT molecular complexity index is 1740. The lowest BCUT2D eigenvalue weighted by Crippen LogP contribution is -2.75. The van der Waals surface area contributed by atoms with E-state index in [-0.39, 0.29) is 35.0 Å². The van der Waals surface area contributed by atoms with Gasteiger partial charge >= 0.3 is 5.97 Å². The molecule has 6 bridgehead atoms. The van der Waals surface area contributed by atoms with Crippen LogP contribution in [0.1, 0.15) is 84.1 Å². The van der Waals surface area contributed by atoms with Crippen molar-refractivity contribution in [3.63, 3.8) is 0 Å². The van der Waals surface area contributed by atoms with Gasteiger partial charge < -0.3 is 13.9 Å². The number of hydrogen-bond acceptors (Lipinski definition) is 6. The molecule has 1 aromatic carbocycles. The van der Waals surface area contributed by atoms with E-state index in [1.807, 2.05) is 28.8 Å². The van der Waals surface area contributed by atoms with Gasteiger partial charge in [-0.3, -0.25) is 19.3 Å². The number of nitrogens with zero attached hydrogens (tertiary/aromatic N) is 4. The topological polar surface area (TPSA) is 86.4 Å². The van der Waals surface area contributed by atoms with Crippen molar-refractivity contribution in [1.29, 1.82) is 0 Å². The molecule has 9 rings (SSSR count). The van der Waals surface area contributed by atoms with Gasteiger partial charge in [-0.1, -0.05) is 25.0 Å². The molecule has 232 valence electrons. The molecule has 0 N–H and O–H groups in total. The molecule has 4 saturated carbocycles. The molecule has 3 aromatic rings. The number of carbonyl (C=O) groups excluding carboxylic acids is 1. The zero-order chi connectivity index (χ0) is 30.4. The maximum absolute atomic E-state index is 14.5. The molecule has 2 saturated heterocycles. The van der Waals surface area contributed by atoms with Crippen LogP contribution in [0.2, 0.25) is 0 Å². The second kappa shape index (κ2) is 10.1. The number of esters is 1. The molecule has 8 heteroatoms. The minimum Gasteiger partial charge on any atom is -0.469 e. The van der Waals surface area contributed by atoms with E-state index in [1.54, 1.807) is 32.2 Å². The third-order valence-corrected chi connectivity index (χ3v) is 12.2. The normalized spacial score (nSPS) is 32.8. The van der Waals surface area contributed by atoms with Crippen molar-refractivity contribution >= 4 is 17.0 Å². The summed E-state index contributed by atoms with van der Waals surface area (Å²) in [6.45, 7) is 3.65. The highest BCUT2D eigenvalue weighted by Crippen LogP contribution is 2.67. The lowest BCUT2D eigenvalue weighted by Gasteiger charge is -2.73. The van der Waals surface area contributed by atoms with E-state index in [2.05, 4.69) is 4.90 Å². The Balaban J connectivity index is 1.18. The van der Waals surface area contributed by atoms with Gasteiger partial charge in [0.05, 0.1) is 29.1 Å². The second-order valence-electron chi connectivity index (χ2n) is 15.2. The fourth-order valence-corrected chi connectivity index (χ4v) is 10.7. The third-order valence-electron chi connectivity index (χ3n) is 12.2. The van der Waals surface area contributed by atoms with E-state index >= 15 is 0 Å². The standard InChI is InChI=1S/C36H44N4O4/c1-35(2,34(43)44-3)21-38-15-7-10-27(32(38)41)31-33(42)39(30-12-5-4-11-29(30)37-31)26-17-24-8-6-9-25(18-26)40(24)36-19-22-13-14-28(36)23(16-22)20-36/h4-5,7,10-12,15,22-26,28H,6,8-9,13-14,16-21H2,1-3H3/t22-,23+,24-,25+,26?,28?,36-/m0/s1. The molecule has 44 heavy (non-hydrogen) atoms. The zero-order valence-electron chi connectivity index (χ0n) is 26.2. The van der Waals surface area contributed by atoms with E-state index in [1.165, 1.54) is 63.0 Å². The lowest BCUT2D eigenvalue weighted by atomic mass is 9.42. The predicted molar refractivity (Wildman–Crippen MR) is 169 cm³/mol. The smallest absolute Gasteiger partial charge is 0.313 e.